The number of likely N-dealkylation sites (tertiary alicyclic amines) is 1. The van der Waals surface area contributed by atoms with Crippen molar-refractivity contribution in [2.75, 3.05) is 19.6 Å². The number of piperidine rings is 1. The number of amides is 1. The molecule has 2 heterocycles. The van der Waals surface area contributed by atoms with Crippen molar-refractivity contribution in [3.8, 4) is 0 Å². The number of hydrogen-bond donors (Lipinski definition) is 3. The third-order valence-corrected chi connectivity index (χ3v) is 5.00. The largest absolute Gasteiger partial charge is 0.341 e. The average molecular weight is 302 g/mol. The first-order valence-electron chi connectivity index (χ1n) is 8.24. The number of rotatable bonds is 3. The number of nitrogens with zero attached hydrogens (tertiary/aromatic N) is 1. The highest BCUT2D eigenvalue weighted by molar-refractivity contribution is 5.81. The molecule has 5 heteroatoms. The Morgan fingerprint density at radius 1 is 1.27 bits per heavy atom. The second kappa shape index (κ2) is 6.77. The van der Waals surface area contributed by atoms with Gasteiger partial charge < -0.3 is 10.6 Å². The van der Waals surface area contributed by atoms with Crippen molar-refractivity contribution < 1.29 is 4.79 Å². The number of benzene rings is 1. The standard InChI is InChI=1S/C17H26N4O/c1-12(18)17(22)21-9-7-14(8-10-21)16-15(11-19-20-16)13-5-3-2-4-6-13/h2-6,12,14-16,19-20H,7-11,18H2,1H3/t12-,15?,16?/m0/s1. The quantitative estimate of drug-likeness (QED) is 0.773. The number of carbonyl (C=O) groups is 1. The molecule has 1 aromatic rings. The fraction of sp³-hybridized carbons (Fsp3) is 0.588. The summed E-state index contributed by atoms with van der Waals surface area (Å²) in [5.74, 6) is 1.18. The molecule has 0 aromatic heterocycles. The molecule has 3 atom stereocenters. The van der Waals surface area contributed by atoms with E-state index in [2.05, 4.69) is 41.2 Å². The fourth-order valence-electron chi connectivity index (χ4n) is 3.75. The minimum atomic E-state index is -0.389. The highest BCUT2D eigenvalue weighted by Gasteiger charge is 2.36. The molecule has 2 aliphatic rings. The molecule has 2 unspecified atom stereocenters. The normalized spacial score (nSPS) is 27.8. The molecule has 0 spiro atoms. The van der Waals surface area contributed by atoms with Gasteiger partial charge >= 0.3 is 0 Å². The van der Waals surface area contributed by atoms with Crippen LogP contribution in [0.1, 0.15) is 31.2 Å². The molecule has 3 rings (SSSR count). The van der Waals surface area contributed by atoms with E-state index in [1.54, 1.807) is 6.92 Å². The summed E-state index contributed by atoms with van der Waals surface area (Å²) in [5.41, 5.74) is 13.9. The molecule has 1 aromatic carbocycles. The number of nitrogens with one attached hydrogen (secondary N) is 2. The number of nitrogens with two attached hydrogens (primary N) is 1. The minimum absolute atomic E-state index is 0.0792. The molecule has 0 aliphatic carbocycles. The molecular weight excluding hydrogens is 276 g/mol. The molecule has 2 saturated heterocycles. The summed E-state index contributed by atoms with van der Waals surface area (Å²) in [4.78, 5) is 13.9. The van der Waals surface area contributed by atoms with Crippen LogP contribution in [0.25, 0.3) is 0 Å². The maximum atomic E-state index is 12.0. The van der Waals surface area contributed by atoms with Crippen molar-refractivity contribution in [1.29, 1.82) is 0 Å². The summed E-state index contributed by atoms with van der Waals surface area (Å²) < 4.78 is 0. The average Bonchev–Trinajstić information content (AvgIpc) is 3.04. The lowest BCUT2D eigenvalue weighted by Crippen LogP contribution is -2.49. The van der Waals surface area contributed by atoms with Gasteiger partial charge in [-0.2, -0.15) is 0 Å². The summed E-state index contributed by atoms with van der Waals surface area (Å²) in [5, 5.41) is 0. The van der Waals surface area contributed by atoms with Gasteiger partial charge in [0.25, 0.3) is 0 Å². The molecule has 120 valence electrons. The van der Waals surface area contributed by atoms with Crippen LogP contribution in [-0.2, 0) is 4.79 Å². The lowest BCUT2D eigenvalue weighted by Gasteiger charge is -2.37. The molecule has 0 saturated carbocycles. The van der Waals surface area contributed by atoms with E-state index in [1.807, 2.05) is 4.90 Å². The van der Waals surface area contributed by atoms with Gasteiger partial charge in [-0.15, -0.1) is 0 Å². The summed E-state index contributed by atoms with van der Waals surface area (Å²) >= 11 is 0. The van der Waals surface area contributed by atoms with Crippen LogP contribution < -0.4 is 16.6 Å². The Kier molecular flexibility index (Phi) is 4.76. The molecule has 22 heavy (non-hydrogen) atoms. The highest BCUT2D eigenvalue weighted by Crippen LogP contribution is 2.32. The molecule has 2 fully saturated rings. The lowest BCUT2D eigenvalue weighted by molar-refractivity contribution is -0.133. The third kappa shape index (κ3) is 3.16. The Bertz CT molecular complexity index is 497. The topological polar surface area (TPSA) is 70.4 Å². The number of hydrazine groups is 1. The van der Waals surface area contributed by atoms with Crippen molar-refractivity contribution in [2.24, 2.45) is 11.7 Å². The molecule has 1 amide bonds. The molecular formula is C17H26N4O. The van der Waals surface area contributed by atoms with Crippen LogP contribution in [0.5, 0.6) is 0 Å². The zero-order valence-electron chi connectivity index (χ0n) is 13.2. The summed E-state index contributed by atoms with van der Waals surface area (Å²) in [6, 6.07) is 10.7. The molecule has 4 N–H and O–H groups in total. The van der Waals surface area contributed by atoms with Gasteiger partial charge in [-0.05, 0) is 31.2 Å². The smallest absolute Gasteiger partial charge is 0.239 e. The minimum Gasteiger partial charge on any atom is -0.341 e. The van der Waals surface area contributed by atoms with Crippen LogP contribution in [-0.4, -0.2) is 42.5 Å². The Balaban J connectivity index is 1.62. The van der Waals surface area contributed by atoms with Gasteiger partial charge in [-0.1, -0.05) is 30.3 Å². The van der Waals surface area contributed by atoms with E-state index < -0.39 is 0 Å². The van der Waals surface area contributed by atoms with E-state index in [0.717, 1.165) is 32.5 Å². The van der Waals surface area contributed by atoms with Crippen molar-refractivity contribution >= 4 is 5.91 Å². The molecule has 0 radical (unpaired) electrons. The van der Waals surface area contributed by atoms with Crippen LogP contribution in [0.15, 0.2) is 30.3 Å². The predicted molar refractivity (Wildman–Crippen MR) is 87.1 cm³/mol. The van der Waals surface area contributed by atoms with E-state index in [4.69, 9.17) is 5.73 Å². The van der Waals surface area contributed by atoms with Gasteiger partial charge in [0.05, 0.1) is 6.04 Å². The highest BCUT2D eigenvalue weighted by atomic mass is 16.2. The van der Waals surface area contributed by atoms with Gasteiger partial charge in [0, 0.05) is 31.6 Å². The first-order chi connectivity index (χ1) is 10.7. The Morgan fingerprint density at radius 3 is 2.59 bits per heavy atom. The SMILES string of the molecule is C[C@H](N)C(=O)N1CCC(C2NNCC2c2ccccc2)CC1. The zero-order chi connectivity index (χ0) is 15.5. The van der Waals surface area contributed by atoms with Gasteiger partial charge in [0.2, 0.25) is 5.91 Å². The second-order valence-electron chi connectivity index (χ2n) is 6.52. The maximum Gasteiger partial charge on any atom is 0.239 e. The number of hydrogen-bond acceptors (Lipinski definition) is 4. The maximum absolute atomic E-state index is 12.0. The predicted octanol–water partition coefficient (Wildman–Crippen LogP) is 0.832. The van der Waals surface area contributed by atoms with Gasteiger partial charge in [0.15, 0.2) is 0 Å². The zero-order valence-corrected chi connectivity index (χ0v) is 13.2. The first kappa shape index (κ1) is 15.5. The van der Waals surface area contributed by atoms with Crippen LogP contribution in [0, 0.1) is 5.92 Å². The van der Waals surface area contributed by atoms with E-state index in [0.29, 0.717) is 17.9 Å². The van der Waals surface area contributed by atoms with Gasteiger partial charge in [-0.25, -0.2) is 0 Å². The molecule has 2 aliphatic heterocycles. The number of carbonyl (C=O) groups excluding carboxylic acids is 1. The van der Waals surface area contributed by atoms with Crippen molar-refractivity contribution in [2.45, 2.75) is 37.8 Å². The molecule has 5 nitrogen and oxygen atoms in total. The van der Waals surface area contributed by atoms with Crippen LogP contribution in [0.3, 0.4) is 0 Å². The molecule has 0 bridgehead atoms. The van der Waals surface area contributed by atoms with Gasteiger partial charge in [0.1, 0.15) is 0 Å². The first-order valence-corrected chi connectivity index (χ1v) is 8.24. The van der Waals surface area contributed by atoms with Crippen LogP contribution in [0.4, 0.5) is 0 Å². The summed E-state index contributed by atoms with van der Waals surface area (Å²) in [6.45, 7) is 4.38. The summed E-state index contributed by atoms with van der Waals surface area (Å²) in [6.07, 6.45) is 2.09. The van der Waals surface area contributed by atoms with Crippen molar-refractivity contribution in [1.82, 2.24) is 15.8 Å². The van der Waals surface area contributed by atoms with E-state index in [-0.39, 0.29) is 11.9 Å². The second-order valence-corrected chi connectivity index (χ2v) is 6.52. The van der Waals surface area contributed by atoms with Crippen LogP contribution in [0.2, 0.25) is 0 Å². The third-order valence-electron chi connectivity index (χ3n) is 5.00. The monoisotopic (exact) mass is 302 g/mol. The fourth-order valence-corrected chi connectivity index (χ4v) is 3.75. The van der Waals surface area contributed by atoms with E-state index in [1.165, 1.54) is 5.56 Å². The lowest BCUT2D eigenvalue weighted by atomic mass is 9.80. The Hall–Kier alpha value is -1.43. The van der Waals surface area contributed by atoms with Crippen molar-refractivity contribution in [3.63, 3.8) is 0 Å². The Labute approximate surface area is 132 Å². The van der Waals surface area contributed by atoms with E-state index >= 15 is 0 Å². The van der Waals surface area contributed by atoms with Crippen molar-refractivity contribution in [3.05, 3.63) is 35.9 Å². The summed E-state index contributed by atoms with van der Waals surface area (Å²) in [7, 11) is 0. The van der Waals surface area contributed by atoms with Crippen LogP contribution >= 0.6 is 0 Å². The Morgan fingerprint density at radius 2 is 1.95 bits per heavy atom. The van der Waals surface area contributed by atoms with E-state index in [9.17, 15) is 4.79 Å². The van der Waals surface area contributed by atoms with Gasteiger partial charge in [-0.3, -0.25) is 15.6 Å².